The molecule has 8 nitrogen and oxygen atoms in total. The van der Waals surface area contributed by atoms with E-state index in [9.17, 15) is 0 Å². The number of aryl methyl sites for hydroxylation is 2. The third-order valence-electron chi connectivity index (χ3n) is 5.81. The second kappa shape index (κ2) is 8.47. The van der Waals surface area contributed by atoms with Gasteiger partial charge in [-0.1, -0.05) is 29.8 Å². The summed E-state index contributed by atoms with van der Waals surface area (Å²) in [5.74, 6) is 2.22. The van der Waals surface area contributed by atoms with Crippen LogP contribution in [-0.4, -0.2) is 55.8 Å². The molecule has 0 amide bonds. The molecule has 0 aliphatic carbocycles. The average Bonchev–Trinajstić information content (AvgIpc) is 3.42. The van der Waals surface area contributed by atoms with Gasteiger partial charge in [0.1, 0.15) is 0 Å². The number of hydrogen-bond acceptors (Lipinski definition) is 7. The Labute approximate surface area is 181 Å². The lowest BCUT2D eigenvalue weighted by Gasteiger charge is -2.35. The predicted octanol–water partition coefficient (Wildman–Crippen LogP) is 3.36. The van der Waals surface area contributed by atoms with Gasteiger partial charge in [0.2, 0.25) is 0 Å². The minimum Gasteiger partial charge on any atom is -0.369 e. The van der Waals surface area contributed by atoms with Crippen LogP contribution in [0, 0.1) is 6.92 Å². The zero-order valence-electron chi connectivity index (χ0n) is 18.0. The largest absolute Gasteiger partial charge is 0.369 e. The van der Waals surface area contributed by atoms with Crippen LogP contribution in [0.4, 0.5) is 5.69 Å². The van der Waals surface area contributed by atoms with E-state index in [4.69, 9.17) is 4.52 Å². The number of aromatic nitrogens is 5. The van der Waals surface area contributed by atoms with Crippen molar-refractivity contribution in [2.24, 2.45) is 0 Å². The van der Waals surface area contributed by atoms with Crippen LogP contribution < -0.4 is 4.90 Å². The van der Waals surface area contributed by atoms with Crippen LogP contribution in [-0.2, 0) is 13.0 Å². The van der Waals surface area contributed by atoms with Crippen molar-refractivity contribution in [1.82, 2.24) is 29.6 Å². The molecule has 0 bridgehead atoms. The van der Waals surface area contributed by atoms with Gasteiger partial charge in [0, 0.05) is 50.0 Å². The lowest BCUT2D eigenvalue weighted by Crippen LogP contribution is -2.46. The highest BCUT2D eigenvalue weighted by Crippen LogP contribution is 2.21. The van der Waals surface area contributed by atoms with Crippen molar-refractivity contribution in [3.8, 4) is 11.5 Å². The maximum absolute atomic E-state index is 5.40. The molecule has 31 heavy (non-hydrogen) atoms. The Hall–Kier alpha value is -3.26. The summed E-state index contributed by atoms with van der Waals surface area (Å²) < 4.78 is 7.44. The van der Waals surface area contributed by atoms with Crippen molar-refractivity contribution in [1.29, 1.82) is 0 Å². The van der Waals surface area contributed by atoms with E-state index in [1.165, 1.54) is 11.3 Å². The number of fused-ring (bicyclic) bond motifs is 1. The van der Waals surface area contributed by atoms with Crippen LogP contribution in [0.25, 0.3) is 17.1 Å². The van der Waals surface area contributed by atoms with Crippen LogP contribution in [0.5, 0.6) is 0 Å². The number of piperazine rings is 1. The smallest absolute Gasteiger partial charge is 0.258 e. The van der Waals surface area contributed by atoms with Gasteiger partial charge in [-0.05, 0) is 37.6 Å². The first-order valence-electron chi connectivity index (χ1n) is 10.9. The second-order valence-electron chi connectivity index (χ2n) is 8.12. The summed E-state index contributed by atoms with van der Waals surface area (Å²) in [5.41, 5.74) is 4.26. The highest BCUT2D eigenvalue weighted by molar-refractivity contribution is 5.59. The molecule has 160 valence electrons. The Kier molecular flexibility index (Phi) is 5.38. The third kappa shape index (κ3) is 4.16. The molecule has 4 heterocycles. The third-order valence-corrected chi connectivity index (χ3v) is 5.81. The number of benzene rings is 1. The predicted molar refractivity (Wildman–Crippen MR) is 119 cm³/mol. The molecule has 1 aromatic carbocycles. The van der Waals surface area contributed by atoms with Gasteiger partial charge >= 0.3 is 0 Å². The summed E-state index contributed by atoms with van der Waals surface area (Å²) in [7, 11) is 0. The van der Waals surface area contributed by atoms with E-state index in [0.717, 1.165) is 68.4 Å². The van der Waals surface area contributed by atoms with E-state index in [2.05, 4.69) is 68.3 Å². The van der Waals surface area contributed by atoms with E-state index in [0.29, 0.717) is 5.89 Å². The Bertz CT molecular complexity index is 1160. The molecule has 1 aliphatic heterocycles. The zero-order valence-corrected chi connectivity index (χ0v) is 18.0. The van der Waals surface area contributed by atoms with Gasteiger partial charge in [0.15, 0.2) is 17.3 Å². The van der Waals surface area contributed by atoms with E-state index in [-0.39, 0.29) is 0 Å². The van der Waals surface area contributed by atoms with Gasteiger partial charge in [-0.3, -0.25) is 9.30 Å². The number of pyridine rings is 1. The summed E-state index contributed by atoms with van der Waals surface area (Å²) >= 11 is 0. The first kappa shape index (κ1) is 19.7. The molecule has 1 aliphatic rings. The Balaban J connectivity index is 1.25. The van der Waals surface area contributed by atoms with Crippen molar-refractivity contribution < 1.29 is 4.52 Å². The molecule has 0 radical (unpaired) electrons. The lowest BCUT2D eigenvalue weighted by molar-refractivity contribution is 0.243. The average molecular weight is 418 g/mol. The first-order chi connectivity index (χ1) is 15.2. The van der Waals surface area contributed by atoms with Crippen LogP contribution in [0.15, 0.2) is 47.1 Å². The van der Waals surface area contributed by atoms with Crippen LogP contribution >= 0.6 is 0 Å². The monoisotopic (exact) mass is 417 g/mol. The molecule has 0 spiro atoms. The Morgan fingerprint density at radius 3 is 2.58 bits per heavy atom. The summed E-state index contributed by atoms with van der Waals surface area (Å²) in [6.45, 7) is 9.04. The highest BCUT2D eigenvalue weighted by Gasteiger charge is 2.19. The van der Waals surface area contributed by atoms with Gasteiger partial charge in [-0.25, -0.2) is 0 Å². The molecule has 0 unspecified atom stereocenters. The van der Waals surface area contributed by atoms with Gasteiger partial charge in [-0.15, -0.1) is 10.2 Å². The fourth-order valence-electron chi connectivity index (χ4n) is 4.00. The number of hydrogen-bond donors (Lipinski definition) is 0. The second-order valence-corrected chi connectivity index (χ2v) is 8.12. The Morgan fingerprint density at radius 2 is 1.81 bits per heavy atom. The number of nitrogens with zero attached hydrogens (tertiary/aromatic N) is 7. The molecular weight excluding hydrogens is 390 g/mol. The molecule has 5 rings (SSSR count). The minimum absolute atomic E-state index is 0.530. The molecule has 1 fully saturated rings. The van der Waals surface area contributed by atoms with Crippen molar-refractivity contribution >= 4 is 11.3 Å². The molecule has 1 saturated heterocycles. The quantitative estimate of drug-likeness (QED) is 0.476. The Morgan fingerprint density at radius 1 is 1.00 bits per heavy atom. The lowest BCUT2D eigenvalue weighted by atomic mass is 10.2. The fourth-order valence-corrected chi connectivity index (χ4v) is 4.00. The number of anilines is 1. The zero-order chi connectivity index (χ0) is 21.2. The SMILES string of the molecule is CCCc1noc(-c2ccn3c(CN4CCN(c5ccc(C)cc5)CC4)nnc3c2)n1. The van der Waals surface area contributed by atoms with Gasteiger partial charge < -0.3 is 9.42 Å². The van der Waals surface area contributed by atoms with Crippen LogP contribution in [0.3, 0.4) is 0 Å². The highest BCUT2D eigenvalue weighted by atomic mass is 16.5. The molecular formula is C23H27N7O. The standard InChI is InChI=1S/C23H27N7O/c1-3-4-20-24-23(31-27-20)18-9-10-30-21(15-18)25-26-22(30)16-28-11-13-29(14-12-28)19-7-5-17(2)6-8-19/h5-10,15H,3-4,11-14,16H2,1-2H3. The van der Waals surface area contributed by atoms with Crippen molar-refractivity contribution in [3.63, 3.8) is 0 Å². The topological polar surface area (TPSA) is 75.6 Å². The first-order valence-corrected chi connectivity index (χ1v) is 10.9. The van der Waals surface area contributed by atoms with Crippen LogP contribution in [0.1, 0.15) is 30.6 Å². The van der Waals surface area contributed by atoms with Crippen molar-refractivity contribution in [2.75, 3.05) is 31.1 Å². The molecule has 3 aromatic heterocycles. The van der Waals surface area contributed by atoms with Gasteiger partial charge in [0.25, 0.3) is 5.89 Å². The molecule has 0 atom stereocenters. The van der Waals surface area contributed by atoms with E-state index < -0.39 is 0 Å². The summed E-state index contributed by atoms with van der Waals surface area (Å²) in [6.07, 6.45) is 3.80. The van der Waals surface area contributed by atoms with Crippen molar-refractivity contribution in [2.45, 2.75) is 33.2 Å². The van der Waals surface area contributed by atoms with E-state index in [1.807, 2.05) is 22.7 Å². The maximum atomic E-state index is 5.40. The molecule has 8 heteroatoms. The van der Waals surface area contributed by atoms with E-state index >= 15 is 0 Å². The summed E-state index contributed by atoms with van der Waals surface area (Å²) in [4.78, 5) is 9.35. The molecule has 4 aromatic rings. The molecule has 0 saturated carbocycles. The molecule has 0 N–H and O–H groups in total. The fraction of sp³-hybridized carbons (Fsp3) is 0.391. The summed E-state index contributed by atoms with van der Waals surface area (Å²) in [5, 5.41) is 12.8. The normalized spacial score (nSPS) is 15.1. The number of rotatable bonds is 6. The maximum Gasteiger partial charge on any atom is 0.258 e. The van der Waals surface area contributed by atoms with Crippen LogP contribution in [0.2, 0.25) is 0 Å². The van der Waals surface area contributed by atoms with Gasteiger partial charge in [0.05, 0.1) is 6.54 Å². The van der Waals surface area contributed by atoms with Crippen molar-refractivity contribution in [3.05, 3.63) is 59.8 Å². The van der Waals surface area contributed by atoms with E-state index in [1.54, 1.807) is 0 Å². The minimum atomic E-state index is 0.530. The summed E-state index contributed by atoms with van der Waals surface area (Å²) in [6, 6.07) is 12.7. The van der Waals surface area contributed by atoms with Gasteiger partial charge in [-0.2, -0.15) is 4.98 Å².